The molecule has 0 spiro atoms. The number of hydrogen-bond donors (Lipinski definition) is 2. The van der Waals surface area contributed by atoms with Crippen LogP contribution < -0.4 is 15.4 Å². The molecular weight excluding hydrogens is 282 g/mol. The molecule has 1 heterocycles. The van der Waals surface area contributed by atoms with Crippen molar-refractivity contribution >= 4 is 11.9 Å². The van der Waals surface area contributed by atoms with Crippen molar-refractivity contribution in [2.75, 3.05) is 18.4 Å². The molecule has 0 unspecified atom stereocenters. The van der Waals surface area contributed by atoms with Crippen LogP contribution in [0.15, 0.2) is 18.3 Å². The van der Waals surface area contributed by atoms with Gasteiger partial charge in [0.25, 0.3) is 0 Å². The Labute approximate surface area is 132 Å². The fourth-order valence-corrected chi connectivity index (χ4v) is 1.67. The van der Waals surface area contributed by atoms with Gasteiger partial charge in [0, 0.05) is 19.3 Å². The van der Waals surface area contributed by atoms with Crippen LogP contribution in [0, 0.1) is 0 Å². The summed E-state index contributed by atoms with van der Waals surface area (Å²) >= 11 is 0. The molecule has 1 aromatic rings. The topological polar surface area (TPSA) is 72.5 Å². The molecule has 0 fully saturated rings. The minimum Gasteiger partial charge on any atom is -0.487 e. The number of carbonyl (C=O) groups excluding carboxylic acids is 1. The molecule has 1 amide bonds. The Bertz CT molecular complexity index is 470. The maximum Gasteiger partial charge on any atom is 0.407 e. The van der Waals surface area contributed by atoms with Gasteiger partial charge in [0.2, 0.25) is 0 Å². The first-order chi connectivity index (χ1) is 10.3. The van der Waals surface area contributed by atoms with Gasteiger partial charge in [-0.3, -0.25) is 0 Å². The monoisotopic (exact) mass is 309 g/mol. The van der Waals surface area contributed by atoms with Gasteiger partial charge >= 0.3 is 6.09 Å². The van der Waals surface area contributed by atoms with E-state index in [2.05, 4.69) is 15.6 Å². The molecule has 6 heteroatoms. The molecule has 22 heavy (non-hydrogen) atoms. The van der Waals surface area contributed by atoms with Crippen LogP contribution in [0.4, 0.5) is 10.6 Å². The summed E-state index contributed by atoms with van der Waals surface area (Å²) in [6.45, 7) is 10.7. The number of nitrogens with zero attached hydrogens (tertiary/aromatic N) is 1. The number of rotatable bonds is 7. The van der Waals surface area contributed by atoms with Gasteiger partial charge in [-0.1, -0.05) is 0 Å². The van der Waals surface area contributed by atoms with E-state index in [-0.39, 0.29) is 6.10 Å². The second-order valence-electron chi connectivity index (χ2n) is 6.23. The zero-order valence-electron chi connectivity index (χ0n) is 14.1. The van der Waals surface area contributed by atoms with Crippen LogP contribution in [-0.4, -0.2) is 35.9 Å². The third kappa shape index (κ3) is 7.71. The lowest BCUT2D eigenvalue weighted by Crippen LogP contribution is -2.33. The van der Waals surface area contributed by atoms with Crippen molar-refractivity contribution in [1.29, 1.82) is 0 Å². The van der Waals surface area contributed by atoms with Crippen molar-refractivity contribution < 1.29 is 14.3 Å². The zero-order valence-corrected chi connectivity index (χ0v) is 14.1. The van der Waals surface area contributed by atoms with Crippen LogP contribution in [0.1, 0.15) is 41.0 Å². The van der Waals surface area contributed by atoms with E-state index in [1.807, 2.05) is 46.8 Å². The van der Waals surface area contributed by atoms with Gasteiger partial charge in [0.1, 0.15) is 5.60 Å². The lowest BCUT2D eigenvalue weighted by molar-refractivity contribution is 0.0528. The maximum absolute atomic E-state index is 11.5. The summed E-state index contributed by atoms with van der Waals surface area (Å²) in [4.78, 5) is 15.7. The molecule has 0 bridgehead atoms. The van der Waals surface area contributed by atoms with Gasteiger partial charge in [0.15, 0.2) is 11.6 Å². The molecule has 6 nitrogen and oxygen atoms in total. The maximum atomic E-state index is 11.5. The molecule has 1 aromatic heterocycles. The van der Waals surface area contributed by atoms with Crippen LogP contribution in [-0.2, 0) is 4.74 Å². The predicted octanol–water partition coefficient (Wildman–Crippen LogP) is 3.20. The number of amides is 1. The van der Waals surface area contributed by atoms with Gasteiger partial charge < -0.3 is 20.1 Å². The number of carbonyl (C=O) groups is 1. The Hall–Kier alpha value is -1.98. The molecule has 0 saturated heterocycles. The first kappa shape index (κ1) is 18.1. The average molecular weight is 309 g/mol. The second-order valence-corrected chi connectivity index (χ2v) is 6.23. The lowest BCUT2D eigenvalue weighted by Gasteiger charge is -2.19. The molecule has 0 saturated carbocycles. The molecule has 0 radical (unpaired) electrons. The van der Waals surface area contributed by atoms with Gasteiger partial charge in [-0.2, -0.15) is 0 Å². The quantitative estimate of drug-likeness (QED) is 0.757. The van der Waals surface area contributed by atoms with Crippen LogP contribution in [0.3, 0.4) is 0 Å². The van der Waals surface area contributed by atoms with E-state index in [0.29, 0.717) is 18.9 Å². The fraction of sp³-hybridized carbons (Fsp3) is 0.625. The first-order valence-corrected chi connectivity index (χ1v) is 7.60. The molecular formula is C16H27N3O3. The molecule has 1 rings (SSSR count). The molecule has 0 aromatic carbocycles. The average Bonchev–Trinajstić information content (AvgIpc) is 2.37. The predicted molar refractivity (Wildman–Crippen MR) is 87.3 cm³/mol. The summed E-state index contributed by atoms with van der Waals surface area (Å²) in [6.07, 6.45) is 2.18. The van der Waals surface area contributed by atoms with Gasteiger partial charge in [-0.25, -0.2) is 9.78 Å². The van der Waals surface area contributed by atoms with Crippen LogP contribution in [0.2, 0.25) is 0 Å². The lowest BCUT2D eigenvalue weighted by atomic mass is 10.2. The van der Waals surface area contributed by atoms with Crippen molar-refractivity contribution in [2.24, 2.45) is 0 Å². The minimum absolute atomic E-state index is 0.0959. The largest absolute Gasteiger partial charge is 0.487 e. The van der Waals surface area contributed by atoms with E-state index in [1.165, 1.54) is 0 Å². The summed E-state index contributed by atoms with van der Waals surface area (Å²) in [5.74, 6) is 1.45. The molecule has 0 atom stereocenters. The van der Waals surface area contributed by atoms with Crippen LogP contribution in [0.25, 0.3) is 0 Å². The van der Waals surface area contributed by atoms with Crippen LogP contribution in [0.5, 0.6) is 5.75 Å². The Morgan fingerprint density at radius 2 is 2.05 bits per heavy atom. The normalized spacial score (nSPS) is 11.2. The zero-order chi connectivity index (χ0) is 16.6. The van der Waals surface area contributed by atoms with E-state index >= 15 is 0 Å². The van der Waals surface area contributed by atoms with E-state index in [0.717, 1.165) is 12.2 Å². The highest BCUT2D eigenvalue weighted by Crippen LogP contribution is 2.21. The third-order valence-corrected chi connectivity index (χ3v) is 2.45. The third-order valence-electron chi connectivity index (χ3n) is 2.45. The highest BCUT2D eigenvalue weighted by Gasteiger charge is 2.15. The number of nitrogens with one attached hydrogen (secondary N) is 2. The number of ether oxygens (including phenoxy) is 2. The number of aromatic nitrogens is 1. The van der Waals surface area contributed by atoms with Crippen molar-refractivity contribution in [3.8, 4) is 5.75 Å². The van der Waals surface area contributed by atoms with E-state index in [4.69, 9.17) is 9.47 Å². The van der Waals surface area contributed by atoms with Crippen LogP contribution >= 0.6 is 0 Å². The van der Waals surface area contributed by atoms with E-state index in [9.17, 15) is 4.79 Å². The van der Waals surface area contributed by atoms with Crippen molar-refractivity contribution in [3.63, 3.8) is 0 Å². The summed E-state index contributed by atoms with van der Waals surface area (Å²) in [5.41, 5.74) is -0.473. The molecule has 124 valence electrons. The molecule has 0 aliphatic heterocycles. The SMILES string of the molecule is CC(C)Oc1cccnc1NCCCNC(=O)OC(C)(C)C. The molecule has 0 aliphatic carbocycles. The number of hydrogen-bond acceptors (Lipinski definition) is 5. The summed E-state index contributed by atoms with van der Waals surface area (Å²) in [6, 6.07) is 3.72. The van der Waals surface area contributed by atoms with Gasteiger partial charge in [-0.05, 0) is 53.2 Å². The smallest absolute Gasteiger partial charge is 0.407 e. The van der Waals surface area contributed by atoms with Gasteiger partial charge in [-0.15, -0.1) is 0 Å². The standard InChI is InChI=1S/C16H27N3O3/c1-12(2)21-13-8-6-9-17-14(13)18-10-7-11-19-15(20)22-16(3,4)5/h6,8-9,12H,7,10-11H2,1-5H3,(H,17,18)(H,19,20). The highest BCUT2D eigenvalue weighted by atomic mass is 16.6. The number of pyridine rings is 1. The molecule has 0 aliphatic rings. The Balaban J connectivity index is 2.29. The summed E-state index contributed by atoms with van der Waals surface area (Å²) in [5, 5.41) is 5.93. The number of anilines is 1. The summed E-state index contributed by atoms with van der Waals surface area (Å²) in [7, 11) is 0. The van der Waals surface area contributed by atoms with Crippen molar-refractivity contribution in [1.82, 2.24) is 10.3 Å². The van der Waals surface area contributed by atoms with E-state index in [1.54, 1.807) is 6.20 Å². The first-order valence-electron chi connectivity index (χ1n) is 7.60. The van der Waals surface area contributed by atoms with E-state index < -0.39 is 11.7 Å². The molecule has 2 N–H and O–H groups in total. The highest BCUT2D eigenvalue weighted by molar-refractivity contribution is 5.67. The Morgan fingerprint density at radius 1 is 1.32 bits per heavy atom. The van der Waals surface area contributed by atoms with Crippen molar-refractivity contribution in [2.45, 2.75) is 52.7 Å². The van der Waals surface area contributed by atoms with Crippen molar-refractivity contribution in [3.05, 3.63) is 18.3 Å². The Morgan fingerprint density at radius 3 is 2.68 bits per heavy atom. The minimum atomic E-state index is -0.473. The van der Waals surface area contributed by atoms with Gasteiger partial charge in [0.05, 0.1) is 6.10 Å². The fourth-order valence-electron chi connectivity index (χ4n) is 1.67. The number of alkyl carbamates (subject to hydrolysis) is 1. The summed E-state index contributed by atoms with van der Waals surface area (Å²) < 4.78 is 10.8. The second kappa shape index (κ2) is 8.46. The Kier molecular flexibility index (Phi) is 6.95.